The highest BCUT2D eigenvalue weighted by Gasteiger charge is 2.20. The topological polar surface area (TPSA) is 12.0 Å². The van der Waals surface area contributed by atoms with Gasteiger partial charge in [-0.05, 0) is 24.1 Å². The van der Waals surface area contributed by atoms with Gasteiger partial charge in [0.2, 0.25) is 0 Å². The molecule has 1 N–H and O–H groups in total. The van der Waals surface area contributed by atoms with Gasteiger partial charge in [0, 0.05) is 23.5 Å². The summed E-state index contributed by atoms with van der Waals surface area (Å²) in [6.07, 6.45) is 0. The second-order valence-electron chi connectivity index (χ2n) is 3.31. The Morgan fingerprint density at radius 1 is 1.42 bits per heavy atom. The first-order valence-electron chi connectivity index (χ1n) is 4.25. The molecule has 0 bridgehead atoms. The predicted molar refractivity (Wildman–Crippen MR) is 54.5 cm³/mol. The third-order valence-corrected chi connectivity index (χ3v) is 3.39. The SMILES string of the molecule is Cc1c(Br)cccc1C1CNC1. The van der Waals surface area contributed by atoms with Gasteiger partial charge < -0.3 is 5.32 Å². The zero-order valence-corrected chi connectivity index (χ0v) is 8.69. The fraction of sp³-hybridized carbons (Fsp3) is 0.400. The van der Waals surface area contributed by atoms with Gasteiger partial charge in [-0.1, -0.05) is 28.1 Å². The molecule has 1 aromatic carbocycles. The van der Waals surface area contributed by atoms with E-state index in [9.17, 15) is 0 Å². The summed E-state index contributed by atoms with van der Waals surface area (Å²) in [6, 6.07) is 6.45. The fourth-order valence-electron chi connectivity index (χ4n) is 1.58. The minimum absolute atomic E-state index is 0.738. The van der Waals surface area contributed by atoms with E-state index in [1.807, 2.05) is 0 Å². The van der Waals surface area contributed by atoms with Crippen LogP contribution < -0.4 is 5.32 Å². The van der Waals surface area contributed by atoms with Crippen LogP contribution in [-0.2, 0) is 0 Å². The molecule has 0 atom stereocenters. The van der Waals surface area contributed by atoms with E-state index < -0.39 is 0 Å². The second-order valence-corrected chi connectivity index (χ2v) is 4.16. The molecule has 0 radical (unpaired) electrons. The standard InChI is InChI=1S/C10H12BrN/c1-7-9(8-5-12-6-8)3-2-4-10(7)11/h2-4,8,12H,5-6H2,1H3. The summed E-state index contributed by atoms with van der Waals surface area (Å²) in [5, 5.41) is 3.29. The number of hydrogen-bond donors (Lipinski definition) is 1. The van der Waals surface area contributed by atoms with Crippen LogP contribution in [-0.4, -0.2) is 13.1 Å². The van der Waals surface area contributed by atoms with Crippen LogP contribution in [0.1, 0.15) is 17.0 Å². The highest BCUT2D eigenvalue weighted by Crippen LogP contribution is 2.27. The molecule has 0 unspecified atom stereocenters. The van der Waals surface area contributed by atoms with Crippen LogP contribution in [0.5, 0.6) is 0 Å². The highest BCUT2D eigenvalue weighted by atomic mass is 79.9. The molecular weight excluding hydrogens is 214 g/mol. The van der Waals surface area contributed by atoms with Crippen LogP contribution in [0.2, 0.25) is 0 Å². The van der Waals surface area contributed by atoms with Crippen LogP contribution in [0.3, 0.4) is 0 Å². The molecule has 0 spiro atoms. The summed E-state index contributed by atoms with van der Waals surface area (Å²) in [7, 11) is 0. The summed E-state index contributed by atoms with van der Waals surface area (Å²) in [4.78, 5) is 0. The van der Waals surface area contributed by atoms with E-state index in [2.05, 4.69) is 46.4 Å². The minimum Gasteiger partial charge on any atom is -0.315 e. The third kappa shape index (κ3) is 1.29. The van der Waals surface area contributed by atoms with Gasteiger partial charge in [0.15, 0.2) is 0 Å². The van der Waals surface area contributed by atoms with Gasteiger partial charge in [-0.3, -0.25) is 0 Å². The van der Waals surface area contributed by atoms with E-state index in [0.717, 1.165) is 19.0 Å². The number of nitrogens with one attached hydrogen (secondary N) is 1. The maximum Gasteiger partial charge on any atom is 0.0207 e. The van der Waals surface area contributed by atoms with Gasteiger partial charge in [-0.25, -0.2) is 0 Å². The lowest BCUT2D eigenvalue weighted by atomic mass is 9.90. The van der Waals surface area contributed by atoms with Crippen molar-refractivity contribution in [3.63, 3.8) is 0 Å². The first-order valence-corrected chi connectivity index (χ1v) is 5.04. The molecular formula is C10H12BrN. The van der Waals surface area contributed by atoms with Crippen LogP contribution in [0.4, 0.5) is 0 Å². The molecule has 0 aromatic heterocycles. The van der Waals surface area contributed by atoms with Crippen LogP contribution in [0.25, 0.3) is 0 Å². The molecule has 1 aliphatic rings. The van der Waals surface area contributed by atoms with Crippen molar-refractivity contribution < 1.29 is 0 Å². The number of halogens is 1. The van der Waals surface area contributed by atoms with E-state index in [4.69, 9.17) is 0 Å². The molecule has 2 heteroatoms. The largest absolute Gasteiger partial charge is 0.315 e. The van der Waals surface area contributed by atoms with Crippen molar-refractivity contribution >= 4 is 15.9 Å². The third-order valence-electron chi connectivity index (χ3n) is 2.53. The van der Waals surface area contributed by atoms with Gasteiger partial charge in [0.25, 0.3) is 0 Å². The number of hydrogen-bond acceptors (Lipinski definition) is 1. The first kappa shape index (κ1) is 8.27. The van der Waals surface area contributed by atoms with Gasteiger partial charge >= 0.3 is 0 Å². The quantitative estimate of drug-likeness (QED) is 0.775. The molecule has 1 aromatic rings. The van der Waals surface area contributed by atoms with E-state index in [-0.39, 0.29) is 0 Å². The second kappa shape index (κ2) is 3.19. The summed E-state index contributed by atoms with van der Waals surface area (Å²) >= 11 is 3.55. The van der Waals surface area contributed by atoms with E-state index in [1.165, 1.54) is 15.6 Å². The minimum atomic E-state index is 0.738. The summed E-state index contributed by atoms with van der Waals surface area (Å²) in [5.41, 5.74) is 2.88. The normalized spacial score (nSPS) is 17.5. The van der Waals surface area contributed by atoms with Crippen molar-refractivity contribution in [2.75, 3.05) is 13.1 Å². The molecule has 0 amide bonds. The molecule has 2 rings (SSSR count). The fourth-order valence-corrected chi connectivity index (χ4v) is 1.96. The Morgan fingerprint density at radius 3 is 2.75 bits per heavy atom. The first-order chi connectivity index (χ1) is 5.79. The Hall–Kier alpha value is -0.340. The molecule has 0 aliphatic carbocycles. The lowest BCUT2D eigenvalue weighted by molar-refractivity contribution is 0.447. The Morgan fingerprint density at radius 2 is 2.17 bits per heavy atom. The zero-order valence-electron chi connectivity index (χ0n) is 7.10. The van der Waals surface area contributed by atoms with E-state index >= 15 is 0 Å². The van der Waals surface area contributed by atoms with Crippen molar-refractivity contribution in [1.82, 2.24) is 5.32 Å². The summed E-state index contributed by atoms with van der Waals surface area (Å²) in [5.74, 6) is 0.738. The van der Waals surface area contributed by atoms with Crippen molar-refractivity contribution in [2.45, 2.75) is 12.8 Å². The highest BCUT2D eigenvalue weighted by molar-refractivity contribution is 9.10. The zero-order chi connectivity index (χ0) is 8.55. The van der Waals surface area contributed by atoms with Crippen molar-refractivity contribution in [2.24, 2.45) is 0 Å². The smallest absolute Gasteiger partial charge is 0.0207 e. The average molecular weight is 226 g/mol. The lowest BCUT2D eigenvalue weighted by Crippen LogP contribution is -2.40. The van der Waals surface area contributed by atoms with Gasteiger partial charge in [0.05, 0.1) is 0 Å². The lowest BCUT2D eigenvalue weighted by Gasteiger charge is -2.29. The monoisotopic (exact) mass is 225 g/mol. The molecule has 0 saturated carbocycles. The Bertz CT molecular complexity index is 292. The Kier molecular flexibility index (Phi) is 2.20. The van der Waals surface area contributed by atoms with Gasteiger partial charge in [0.1, 0.15) is 0 Å². The molecule has 1 saturated heterocycles. The predicted octanol–water partition coefficient (Wildman–Crippen LogP) is 2.44. The van der Waals surface area contributed by atoms with Crippen molar-refractivity contribution in [3.8, 4) is 0 Å². The van der Waals surface area contributed by atoms with Crippen LogP contribution in [0, 0.1) is 6.92 Å². The molecule has 1 nitrogen and oxygen atoms in total. The van der Waals surface area contributed by atoms with E-state index in [0.29, 0.717) is 0 Å². The van der Waals surface area contributed by atoms with E-state index in [1.54, 1.807) is 0 Å². The Labute approximate surface area is 81.3 Å². The molecule has 64 valence electrons. The van der Waals surface area contributed by atoms with Gasteiger partial charge in [-0.2, -0.15) is 0 Å². The summed E-state index contributed by atoms with van der Waals surface area (Å²) in [6.45, 7) is 4.45. The Balaban J connectivity index is 2.36. The number of benzene rings is 1. The summed E-state index contributed by atoms with van der Waals surface area (Å²) < 4.78 is 1.23. The maximum absolute atomic E-state index is 3.55. The molecule has 1 aliphatic heterocycles. The molecule has 1 heterocycles. The molecule has 1 fully saturated rings. The van der Waals surface area contributed by atoms with Crippen molar-refractivity contribution in [1.29, 1.82) is 0 Å². The van der Waals surface area contributed by atoms with Crippen LogP contribution >= 0.6 is 15.9 Å². The van der Waals surface area contributed by atoms with Crippen LogP contribution in [0.15, 0.2) is 22.7 Å². The average Bonchev–Trinajstić information content (AvgIpc) is 1.95. The maximum atomic E-state index is 3.55. The van der Waals surface area contributed by atoms with Gasteiger partial charge in [-0.15, -0.1) is 0 Å². The number of rotatable bonds is 1. The van der Waals surface area contributed by atoms with Crippen molar-refractivity contribution in [3.05, 3.63) is 33.8 Å². The molecule has 12 heavy (non-hydrogen) atoms.